The van der Waals surface area contributed by atoms with Gasteiger partial charge in [0.05, 0.1) is 0 Å². The fourth-order valence-electron chi connectivity index (χ4n) is 0. The molecule has 0 aliphatic heterocycles. The third-order valence-electron chi connectivity index (χ3n) is 0. The summed E-state index contributed by atoms with van der Waals surface area (Å²) >= 11 is 0. The molecule has 48 valence electrons. The summed E-state index contributed by atoms with van der Waals surface area (Å²) in [7, 11) is 0. The van der Waals surface area contributed by atoms with Gasteiger partial charge in [0.1, 0.15) is 0 Å². The maximum atomic E-state index is 0. The average Bonchev–Trinajstić information content (AvgIpc) is 0. The summed E-state index contributed by atoms with van der Waals surface area (Å²) in [4.78, 5) is 0. The number of hydrogen-bond donors (Lipinski definition) is 0. The van der Waals surface area contributed by atoms with E-state index in [4.69, 9.17) is 0 Å². The third kappa shape index (κ3) is 541. The number of rotatable bonds is 0. The molecular weight excluding hydrogens is 139 g/mol. The first-order valence-electron chi connectivity index (χ1n) is 0. The van der Waals surface area contributed by atoms with Gasteiger partial charge < -0.3 is 27.4 Å². The van der Waals surface area contributed by atoms with Gasteiger partial charge in [-0.2, -0.15) is 0 Å². The Morgan fingerprint density at radius 1 is 0.500 bits per heavy atom. The molecule has 0 aromatic carbocycles. The fraction of sp³-hybridized carbons (Fsp3) is 0. The molecule has 0 aromatic heterocycles. The standard InChI is InChI=1S/Ni.5H2O/h;5*1H2/q+2;;;;;/p-2. The van der Waals surface area contributed by atoms with Gasteiger partial charge in [-0.15, -0.1) is 0 Å². The topological polar surface area (TPSA) is 154 Å². The SMILES string of the molecule is O.O.O.[Ni+2].[OH-].[OH-]. The van der Waals surface area contributed by atoms with E-state index in [1.807, 2.05) is 0 Å². The molecule has 0 unspecified atom stereocenters. The Morgan fingerprint density at radius 2 is 0.500 bits per heavy atom. The maximum Gasteiger partial charge on any atom is 2.00 e. The van der Waals surface area contributed by atoms with Crippen molar-refractivity contribution < 1.29 is 43.9 Å². The Morgan fingerprint density at radius 3 is 0.500 bits per heavy atom. The quantitative estimate of drug-likeness (QED) is 0.338. The molecule has 0 atom stereocenters. The van der Waals surface area contributed by atoms with Gasteiger partial charge in [0.2, 0.25) is 0 Å². The van der Waals surface area contributed by atoms with Crippen LogP contribution < -0.4 is 0 Å². The zero-order valence-electron chi connectivity index (χ0n) is 2.71. The summed E-state index contributed by atoms with van der Waals surface area (Å²) in [6.45, 7) is 0. The van der Waals surface area contributed by atoms with Gasteiger partial charge in [-0.1, -0.05) is 0 Å². The first-order valence-corrected chi connectivity index (χ1v) is 0. The summed E-state index contributed by atoms with van der Waals surface area (Å²) < 4.78 is 0. The van der Waals surface area contributed by atoms with Gasteiger partial charge >= 0.3 is 16.5 Å². The van der Waals surface area contributed by atoms with Gasteiger partial charge in [-0.3, -0.25) is 0 Å². The van der Waals surface area contributed by atoms with Gasteiger partial charge in [0, 0.05) is 0 Å². The Balaban J connectivity index is 0. The van der Waals surface area contributed by atoms with E-state index in [1.54, 1.807) is 0 Å². The van der Waals surface area contributed by atoms with Crippen molar-refractivity contribution in [3.8, 4) is 0 Å². The van der Waals surface area contributed by atoms with E-state index in [0.717, 1.165) is 0 Å². The van der Waals surface area contributed by atoms with Crippen LogP contribution in [0.5, 0.6) is 0 Å². The van der Waals surface area contributed by atoms with Crippen molar-refractivity contribution in [2.75, 3.05) is 0 Å². The van der Waals surface area contributed by atoms with E-state index >= 15 is 0 Å². The summed E-state index contributed by atoms with van der Waals surface area (Å²) in [5.41, 5.74) is 0. The molecule has 0 heterocycles. The second-order valence-electron chi connectivity index (χ2n) is 0. The van der Waals surface area contributed by atoms with Crippen LogP contribution >= 0.6 is 0 Å². The van der Waals surface area contributed by atoms with E-state index in [9.17, 15) is 0 Å². The second kappa shape index (κ2) is 1130. The minimum atomic E-state index is 0. The van der Waals surface area contributed by atoms with Crippen LogP contribution in [-0.2, 0) is 16.5 Å². The summed E-state index contributed by atoms with van der Waals surface area (Å²) in [5.74, 6) is 0. The maximum absolute atomic E-state index is 0. The van der Waals surface area contributed by atoms with Crippen LogP contribution in [0.25, 0.3) is 0 Å². The van der Waals surface area contributed by atoms with Crippen LogP contribution in [0.4, 0.5) is 0 Å². The second-order valence-corrected chi connectivity index (χ2v) is 0. The van der Waals surface area contributed by atoms with E-state index in [-0.39, 0.29) is 43.9 Å². The Labute approximate surface area is 44.8 Å². The predicted molar refractivity (Wildman–Crippen MR) is 14.7 cm³/mol. The van der Waals surface area contributed by atoms with Gasteiger partial charge in [0.15, 0.2) is 0 Å². The Hall–Kier alpha value is 0.294. The van der Waals surface area contributed by atoms with Gasteiger partial charge in [-0.25, -0.2) is 0 Å². The molecule has 0 aliphatic carbocycles. The summed E-state index contributed by atoms with van der Waals surface area (Å²) in [5, 5.41) is 0. The van der Waals surface area contributed by atoms with E-state index < -0.39 is 0 Å². The molecule has 0 fully saturated rings. The molecule has 0 spiro atoms. The van der Waals surface area contributed by atoms with Crippen molar-refractivity contribution in [3.05, 3.63) is 0 Å². The Bertz CT molecular complexity index is 3.90. The Kier molecular flexibility index (Phi) is 386000. The van der Waals surface area contributed by atoms with E-state index in [1.165, 1.54) is 0 Å². The van der Waals surface area contributed by atoms with E-state index in [2.05, 4.69) is 0 Å². The zero-order chi connectivity index (χ0) is 0. The molecule has 0 aromatic rings. The van der Waals surface area contributed by atoms with Gasteiger partial charge in [-0.05, 0) is 0 Å². The molecule has 0 bridgehead atoms. The van der Waals surface area contributed by atoms with Crippen molar-refractivity contribution in [1.29, 1.82) is 0 Å². The van der Waals surface area contributed by atoms with Crippen molar-refractivity contribution in [2.24, 2.45) is 0 Å². The van der Waals surface area contributed by atoms with Crippen molar-refractivity contribution in [2.45, 2.75) is 0 Å². The third-order valence-corrected chi connectivity index (χ3v) is 0. The zero-order valence-corrected chi connectivity index (χ0v) is 3.70. The minimum Gasteiger partial charge on any atom is -0.870 e. The molecule has 0 radical (unpaired) electrons. The monoisotopic (exact) mass is 146 g/mol. The minimum absolute atomic E-state index is 0. The van der Waals surface area contributed by atoms with Crippen LogP contribution in [0.2, 0.25) is 0 Å². The first kappa shape index (κ1) is 2050. The summed E-state index contributed by atoms with van der Waals surface area (Å²) in [6, 6.07) is 0. The molecular formula is H8NiO5. The van der Waals surface area contributed by atoms with Crippen molar-refractivity contribution >= 4 is 0 Å². The number of hydrogen-bond acceptors (Lipinski definition) is 2. The van der Waals surface area contributed by atoms with Gasteiger partial charge in [0.25, 0.3) is 0 Å². The molecule has 0 amide bonds. The molecule has 5 nitrogen and oxygen atoms in total. The van der Waals surface area contributed by atoms with Crippen molar-refractivity contribution in [3.63, 3.8) is 0 Å². The fourth-order valence-corrected chi connectivity index (χ4v) is 0. The molecule has 6 heavy (non-hydrogen) atoms. The molecule has 0 rings (SSSR count). The molecule has 0 aliphatic rings. The van der Waals surface area contributed by atoms with Crippen LogP contribution in [0, 0.1) is 0 Å². The van der Waals surface area contributed by atoms with Crippen LogP contribution in [0.1, 0.15) is 0 Å². The molecule has 8 N–H and O–H groups in total. The van der Waals surface area contributed by atoms with E-state index in [0.29, 0.717) is 0 Å². The van der Waals surface area contributed by atoms with Crippen LogP contribution in [-0.4, -0.2) is 27.4 Å². The van der Waals surface area contributed by atoms with Crippen molar-refractivity contribution in [1.82, 2.24) is 0 Å². The molecule has 6 heteroatoms. The summed E-state index contributed by atoms with van der Waals surface area (Å²) in [6.07, 6.45) is 0. The smallest absolute Gasteiger partial charge is 0.870 e. The first-order chi connectivity index (χ1) is 0. The average molecular weight is 147 g/mol. The largest absolute Gasteiger partial charge is 2.00 e. The normalized spacial score (nSPS) is 0. The molecule has 0 saturated heterocycles. The van der Waals surface area contributed by atoms with Crippen LogP contribution in [0.3, 0.4) is 0 Å². The van der Waals surface area contributed by atoms with Crippen LogP contribution in [0.15, 0.2) is 0 Å². The molecule has 0 saturated carbocycles. The predicted octanol–water partition coefficient (Wildman–Crippen LogP) is -2.83.